The molecule has 2 rings (SSSR count). The molecular formula is C12H14BrNO4S2. The summed E-state index contributed by atoms with van der Waals surface area (Å²) in [6.45, 7) is 0.340. The molecule has 1 heterocycles. The van der Waals surface area contributed by atoms with E-state index in [4.69, 9.17) is 5.11 Å². The van der Waals surface area contributed by atoms with Gasteiger partial charge in [0.1, 0.15) is 0 Å². The van der Waals surface area contributed by atoms with Crippen LogP contribution in [0.1, 0.15) is 6.42 Å². The molecule has 0 amide bonds. The molecule has 0 aliphatic carbocycles. The highest BCUT2D eigenvalue weighted by Gasteiger charge is 2.35. The number of aliphatic carboxylic acids is 1. The quantitative estimate of drug-likeness (QED) is 0.865. The first-order chi connectivity index (χ1) is 9.43. The number of hydrogen-bond acceptors (Lipinski definition) is 4. The SMILES string of the molecule is O=C(O)CC1CSCCN1S(=O)(=O)c1ccccc1Br. The van der Waals surface area contributed by atoms with E-state index in [-0.39, 0.29) is 11.3 Å². The molecule has 1 aromatic rings. The maximum atomic E-state index is 12.7. The summed E-state index contributed by atoms with van der Waals surface area (Å²) in [4.78, 5) is 11.1. The van der Waals surface area contributed by atoms with Crippen LogP contribution in [0.25, 0.3) is 0 Å². The molecule has 110 valence electrons. The molecule has 1 fully saturated rings. The molecule has 0 saturated carbocycles. The molecule has 0 radical (unpaired) electrons. The number of nitrogens with zero attached hydrogens (tertiary/aromatic N) is 1. The van der Waals surface area contributed by atoms with Gasteiger partial charge in [-0.1, -0.05) is 12.1 Å². The highest BCUT2D eigenvalue weighted by molar-refractivity contribution is 9.10. The maximum absolute atomic E-state index is 12.7. The van der Waals surface area contributed by atoms with E-state index < -0.39 is 22.0 Å². The lowest BCUT2D eigenvalue weighted by Gasteiger charge is -2.33. The van der Waals surface area contributed by atoms with Crippen LogP contribution in [0.15, 0.2) is 33.6 Å². The molecular weight excluding hydrogens is 366 g/mol. The standard InChI is InChI=1S/C12H14BrNO4S2/c13-10-3-1-2-4-11(10)20(17,18)14-5-6-19-8-9(14)7-12(15)16/h1-4,9H,5-8H2,(H,15,16). The fourth-order valence-electron chi connectivity index (χ4n) is 2.10. The van der Waals surface area contributed by atoms with E-state index >= 15 is 0 Å². The Morgan fingerprint density at radius 3 is 2.80 bits per heavy atom. The van der Waals surface area contributed by atoms with E-state index in [1.54, 1.807) is 30.0 Å². The zero-order valence-corrected chi connectivity index (χ0v) is 13.7. The molecule has 1 saturated heterocycles. The summed E-state index contributed by atoms with van der Waals surface area (Å²) in [5.41, 5.74) is 0. The van der Waals surface area contributed by atoms with Crippen LogP contribution in [-0.2, 0) is 14.8 Å². The van der Waals surface area contributed by atoms with E-state index in [0.29, 0.717) is 22.5 Å². The van der Waals surface area contributed by atoms with E-state index in [1.165, 1.54) is 10.4 Å². The predicted octanol–water partition coefficient (Wildman–Crippen LogP) is 2.03. The summed E-state index contributed by atoms with van der Waals surface area (Å²) in [7, 11) is -3.68. The summed E-state index contributed by atoms with van der Waals surface area (Å²) in [5, 5.41) is 8.93. The first-order valence-electron chi connectivity index (χ1n) is 5.99. The van der Waals surface area contributed by atoms with Crippen LogP contribution in [0.3, 0.4) is 0 Å². The third kappa shape index (κ3) is 3.36. The van der Waals surface area contributed by atoms with Gasteiger partial charge < -0.3 is 5.11 Å². The molecule has 1 aromatic carbocycles. The summed E-state index contributed by atoms with van der Waals surface area (Å²) >= 11 is 4.83. The molecule has 0 spiro atoms. The minimum absolute atomic E-state index is 0.170. The Morgan fingerprint density at radius 2 is 2.15 bits per heavy atom. The molecule has 1 aliphatic heterocycles. The molecule has 1 atom stereocenters. The van der Waals surface area contributed by atoms with Crippen LogP contribution in [0.2, 0.25) is 0 Å². The van der Waals surface area contributed by atoms with Gasteiger partial charge in [0.05, 0.1) is 11.3 Å². The van der Waals surface area contributed by atoms with Gasteiger partial charge in [-0.2, -0.15) is 16.1 Å². The number of hydrogen-bond donors (Lipinski definition) is 1. The molecule has 1 N–H and O–H groups in total. The van der Waals surface area contributed by atoms with Gasteiger partial charge in [0.25, 0.3) is 0 Å². The Labute approximate surface area is 130 Å². The number of halogens is 1. The van der Waals surface area contributed by atoms with Gasteiger partial charge in [-0.15, -0.1) is 0 Å². The molecule has 5 nitrogen and oxygen atoms in total. The number of sulfonamides is 1. The third-order valence-corrected chi connectivity index (χ3v) is 7.06. The fraction of sp³-hybridized carbons (Fsp3) is 0.417. The molecule has 8 heteroatoms. The van der Waals surface area contributed by atoms with Crippen molar-refractivity contribution in [2.24, 2.45) is 0 Å². The lowest BCUT2D eigenvalue weighted by atomic mass is 10.2. The van der Waals surface area contributed by atoms with Crippen LogP contribution in [0.4, 0.5) is 0 Å². The number of rotatable bonds is 4. The Kier molecular flexibility index (Phi) is 5.11. The second kappa shape index (κ2) is 6.46. The highest BCUT2D eigenvalue weighted by atomic mass is 79.9. The zero-order chi connectivity index (χ0) is 14.8. The maximum Gasteiger partial charge on any atom is 0.305 e. The van der Waals surface area contributed by atoms with Crippen molar-refractivity contribution in [2.45, 2.75) is 17.4 Å². The molecule has 0 bridgehead atoms. The van der Waals surface area contributed by atoms with Crippen molar-refractivity contribution in [1.82, 2.24) is 4.31 Å². The largest absolute Gasteiger partial charge is 0.481 e. The predicted molar refractivity (Wildman–Crippen MR) is 81.4 cm³/mol. The summed E-state index contributed by atoms with van der Waals surface area (Å²) < 4.78 is 27.2. The second-order valence-electron chi connectivity index (χ2n) is 4.37. The molecule has 20 heavy (non-hydrogen) atoms. The zero-order valence-electron chi connectivity index (χ0n) is 10.5. The fourth-order valence-corrected chi connectivity index (χ4v) is 5.96. The van der Waals surface area contributed by atoms with Crippen LogP contribution >= 0.6 is 27.7 Å². The summed E-state index contributed by atoms with van der Waals surface area (Å²) in [6.07, 6.45) is -0.170. The minimum atomic E-state index is -3.68. The van der Waals surface area contributed by atoms with E-state index in [9.17, 15) is 13.2 Å². The van der Waals surface area contributed by atoms with Crippen molar-refractivity contribution in [3.63, 3.8) is 0 Å². The normalized spacial score (nSPS) is 20.8. The minimum Gasteiger partial charge on any atom is -0.481 e. The van der Waals surface area contributed by atoms with Crippen LogP contribution in [0, 0.1) is 0 Å². The summed E-state index contributed by atoms with van der Waals surface area (Å²) in [5.74, 6) is 0.209. The first-order valence-corrected chi connectivity index (χ1v) is 9.37. The van der Waals surface area contributed by atoms with Gasteiger partial charge >= 0.3 is 5.97 Å². The van der Waals surface area contributed by atoms with Crippen molar-refractivity contribution < 1.29 is 18.3 Å². The average molecular weight is 380 g/mol. The lowest BCUT2D eigenvalue weighted by molar-refractivity contribution is -0.137. The molecule has 0 aromatic heterocycles. The smallest absolute Gasteiger partial charge is 0.305 e. The van der Waals surface area contributed by atoms with Crippen LogP contribution < -0.4 is 0 Å². The molecule has 1 unspecified atom stereocenters. The van der Waals surface area contributed by atoms with Gasteiger partial charge in [0, 0.05) is 28.6 Å². The molecule has 1 aliphatic rings. The van der Waals surface area contributed by atoms with Gasteiger partial charge in [0.15, 0.2) is 0 Å². The van der Waals surface area contributed by atoms with Gasteiger partial charge in [0.2, 0.25) is 10.0 Å². The van der Waals surface area contributed by atoms with E-state index in [0.717, 1.165) is 0 Å². The monoisotopic (exact) mass is 379 g/mol. The average Bonchev–Trinajstić information content (AvgIpc) is 2.38. The highest BCUT2D eigenvalue weighted by Crippen LogP contribution is 2.30. The summed E-state index contributed by atoms with van der Waals surface area (Å²) in [6, 6.07) is 6.09. The number of carboxylic acids is 1. The van der Waals surface area contributed by atoms with Crippen LogP contribution in [0.5, 0.6) is 0 Å². The van der Waals surface area contributed by atoms with Gasteiger partial charge in [-0.25, -0.2) is 8.42 Å². The Morgan fingerprint density at radius 1 is 1.45 bits per heavy atom. The van der Waals surface area contributed by atoms with Gasteiger partial charge in [-0.05, 0) is 28.1 Å². The third-order valence-electron chi connectivity index (χ3n) is 3.01. The van der Waals surface area contributed by atoms with Crippen molar-refractivity contribution in [2.75, 3.05) is 18.1 Å². The first kappa shape index (κ1) is 15.8. The van der Waals surface area contributed by atoms with Crippen molar-refractivity contribution in [1.29, 1.82) is 0 Å². The Balaban J connectivity index is 2.36. The van der Waals surface area contributed by atoms with Crippen molar-refractivity contribution in [3.05, 3.63) is 28.7 Å². The van der Waals surface area contributed by atoms with Crippen molar-refractivity contribution >= 4 is 43.7 Å². The number of carboxylic acid groups (broad SMARTS) is 1. The van der Waals surface area contributed by atoms with Crippen LogP contribution in [-0.4, -0.2) is 47.9 Å². The second-order valence-corrected chi connectivity index (χ2v) is 8.24. The van der Waals surface area contributed by atoms with Crippen molar-refractivity contribution in [3.8, 4) is 0 Å². The topological polar surface area (TPSA) is 74.7 Å². The number of carbonyl (C=O) groups is 1. The Hall–Kier alpha value is -0.570. The lowest BCUT2D eigenvalue weighted by Crippen LogP contribution is -2.47. The number of benzene rings is 1. The van der Waals surface area contributed by atoms with Gasteiger partial charge in [-0.3, -0.25) is 4.79 Å². The Bertz CT molecular complexity index is 605. The van der Waals surface area contributed by atoms with E-state index in [2.05, 4.69) is 15.9 Å². The number of thioether (sulfide) groups is 1. The van der Waals surface area contributed by atoms with E-state index in [1.807, 2.05) is 0 Å².